The summed E-state index contributed by atoms with van der Waals surface area (Å²) < 4.78 is 28.2. The van der Waals surface area contributed by atoms with E-state index in [1.54, 1.807) is 16.8 Å². The van der Waals surface area contributed by atoms with Gasteiger partial charge in [0, 0.05) is 24.6 Å². The Morgan fingerprint density at radius 1 is 1.26 bits per heavy atom. The minimum atomic E-state index is -2.54. The Morgan fingerprint density at radius 2 is 1.96 bits per heavy atom. The standard InChI is InChI=1S/C16H19ClF2N4/c1-10-9-11(2)23(22-10)14-4-3-13(17)15(21-14)20-12-5-7-16(18,19)8-6-12/h3-4,9,12H,5-8H2,1-2H3,(H,20,21). The van der Waals surface area contributed by atoms with Gasteiger partial charge in [-0.05, 0) is 44.9 Å². The third-order valence-corrected chi connectivity index (χ3v) is 4.42. The maximum Gasteiger partial charge on any atom is 0.248 e. The normalized spacial score (nSPS) is 18.1. The highest BCUT2D eigenvalue weighted by molar-refractivity contribution is 6.32. The first-order chi connectivity index (χ1) is 10.8. The van der Waals surface area contributed by atoms with Gasteiger partial charge in [-0.15, -0.1) is 0 Å². The second-order valence-corrected chi connectivity index (χ2v) is 6.52. The van der Waals surface area contributed by atoms with Crippen molar-refractivity contribution in [1.82, 2.24) is 14.8 Å². The first-order valence-corrected chi connectivity index (χ1v) is 8.06. The second kappa shape index (κ2) is 6.07. The summed E-state index contributed by atoms with van der Waals surface area (Å²) in [5.41, 5.74) is 1.88. The number of nitrogens with zero attached hydrogens (tertiary/aromatic N) is 3. The number of halogens is 3. The molecule has 0 saturated heterocycles. The molecule has 1 fully saturated rings. The molecule has 0 aromatic carbocycles. The zero-order chi connectivity index (χ0) is 16.6. The van der Waals surface area contributed by atoms with Crippen LogP contribution in [0.5, 0.6) is 0 Å². The van der Waals surface area contributed by atoms with Crippen molar-refractivity contribution in [2.24, 2.45) is 0 Å². The lowest BCUT2D eigenvalue weighted by Gasteiger charge is -2.29. The number of aryl methyl sites for hydroxylation is 2. The number of hydrogen-bond donors (Lipinski definition) is 1. The van der Waals surface area contributed by atoms with E-state index in [1.165, 1.54) is 0 Å². The van der Waals surface area contributed by atoms with Crippen molar-refractivity contribution < 1.29 is 8.78 Å². The summed E-state index contributed by atoms with van der Waals surface area (Å²) in [4.78, 5) is 4.52. The molecule has 2 aromatic heterocycles. The summed E-state index contributed by atoms with van der Waals surface area (Å²) in [6.07, 6.45) is 0.628. The van der Waals surface area contributed by atoms with Crippen molar-refractivity contribution >= 4 is 17.4 Å². The molecule has 124 valence electrons. The third-order valence-electron chi connectivity index (χ3n) is 4.12. The lowest BCUT2D eigenvalue weighted by Crippen LogP contribution is -2.32. The summed E-state index contributed by atoms with van der Waals surface area (Å²) in [6, 6.07) is 5.48. The van der Waals surface area contributed by atoms with Crippen LogP contribution >= 0.6 is 11.6 Å². The molecule has 2 aromatic rings. The van der Waals surface area contributed by atoms with Gasteiger partial charge in [0.25, 0.3) is 0 Å². The molecular weight excluding hydrogens is 322 g/mol. The fourth-order valence-electron chi connectivity index (χ4n) is 2.89. The van der Waals surface area contributed by atoms with E-state index in [1.807, 2.05) is 19.9 Å². The van der Waals surface area contributed by atoms with Gasteiger partial charge < -0.3 is 5.32 Å². The van der Waals surface area contributed by atoms with E-state index in [9.17, 15) is 8.78 Å². The van der Waals surface area contributed by atoms with Crippen molar-refractivity contribution in [3.05, 3.63) is 34.6 Å². The molecule has 23 heavy (non-hydrogen) atoms. The predicted molar refractivity (Wildman–Crippen MR) is 86.7 cm³/mol. The smallest absolute Gasteiger partial charge is 0.248 e. The summed E-state index contributed by atoms with van der Waals surface area (Å²) in [7, 11) is 0. The van der Waals surface area contributed by atoms with Crippen molar-refractivity contribution in [3.8, 4) is 5.82 Å². The van der Waals surface area contributed by atoms with Crippen LogP contribution in [0.25, 0.3) is 5.82 Å². The third kappa shape index (κ3) is 3.63. The first kappa shape index (κ1) is 16.2. The Kier molecular flexibility index (Phi) is 4.27. The molecule has 4 nitrogen and oxygen atoms in total. The molecule has 3 rings (SSSR count). The van der Waals surface area contributed by atoms with E-state index in [4.69, 9.17) is 11.6 Å². The highest BCUT2D eigenvalue weighted by Crippen LogP contribution is 2.35. The first-order valence-electron chi connectivity index (χ1n) is 7.69. The second-order valence-electron chi connectivity index (χ2n) is 6.11. The van der Waals surface area contributed by atoms with Gasteiger partial charge in [-0.2, -0.15) is 5.10 Å². The Morgan fingerprint density at radius 3 is 2.57 bits per heavy atom. The monoisotopic (exact) mass is 340 g/mol. The number of aromatic nitrogens is 3. The minimum Gasteiger partial charge on any atom is -0.366 e. The predicted octanol–water partition coefficient (Wildman–Crippen LogP) is 4.53. The Balaban J connectivity index is 1.80. The fraction of sp³-hybridized carbons (Fsp3) is 0.500. The zero-order valence-electron chi connectivity index (χ0n) is 13.1. The van der Waals surface area contributed by atoms with Gasteiger partial charge in [-0.1, -0.05) is 11.6 Å². The maximum absolute atomic E-state index is 13.2. The quantitative estimate of drug-likeness (QED) is 0.892. The van der Waals surface area contributed by atoms with Crippen LogP contribution in [0, 0.1) is 13.8 Å². The number of alkyl halides is 2. The van der Waals surface area contributed by atoms with Crippen LogP contribution in [0.2, 0.25) is 5.02 Å². The highest BCUT2D eigenvalue weighted by atomic mass is 35.5. The van der Waals surface area contributed by atoms with E-state index in [0.717, 1.165) is 11.4 Å². The molecule has 0 bridgehead atoms. The van der Waals surface area contributed by atoms with Gasteiger partial charge in [-0.25, -0.2) is 18.4 Å². The van der Waals surface area contributed by atoms with Crippen LogP contribution < -0.4 is 5.32 Å². The molecule has 0 aliphatic heterocycles. The van der Waals surface area contributed by atoms with Crippen LogP contribution in [-0.4, -0.2) is 26.7 Å². The van der Waals surface area contributed by atoms with Gasteiger partial charge in [0.2, 0.25) is 5.92 Å². The SMILES string of the molecule is Cc1cc(C)n(-c2ccc(Cl)c(NC3CCC(F)(F)CC3)n2)n1. The van der Waals surface area contributed by atoms with E-state index in [-0.39, 0.29) is 18.9 Å². The van der Waals surface area contributed by atoms with E-state index in [2.05, 4.69) is 15.4 Å². The molecule has 2 heterocycles. The lowest BCUT2D eigenvalue weighted by molar-refractivity contribution is -0.0361. The molecule has 1 aliphatic rings. The molecule has 0 amide bonds. The molecule has 0 unspecified atom stereocenters. The maximum atomic E-state index is 13.2. The summed E-state index contributed by atoms with van der Waals surface area (Å²) in [5, 5.41) is 8.09. The van der Waals surface area contributed by atoms with Gasteiger partial charge in [0.05, 0.1) is 10.7 Å². The van der Waals surface area contributed by atoms with Crippen LogP contribution in [0.3, 0.4) is 0 Å². The zero-order valence-corrected chi connectivity index (χ0v) is 13.9. The number of rotatable bonds is 3. The van der Waals surface area contributed by atoms with Crippen LogP contribution in [-0.2, 0) is 0 Å². The van der Waals surface area contributed by atoms with E-state index in [0.29, 0.717) is 29.5 Å². The fourth-order valence-corrected chi connectivity index (χ4v) is 3.05. The van der Waals surface area contributed by atoms with Gasteiger partial charge in [-0.3, -0.25) is 0 Å². The minimum absolute atomic E-state index is 0.0321. The van der Waals surface area contributed by atoms with Crippen molar-refractivity contribution in [1.29, 1.82) is 0 Å². The van der Waals surface area contributed by atoms with Gasteiger partial charge in [0.1, 0.15) is 5.82 Å². The molecular formula is C16H19ClF2N4. The van der Waals surface area contributed by atoms with Crippen molar-refractivity contribution in [3.63, 3.8) is 0 Å². The topological polar surface area (TPSA) is 42.7 Å². The van der Waals surface area contributed by atoms with Crippen LogP contribution in [0.4, 0.5) is 14.6 Å². The Labute approximate surface area is 138 Å². The highest BCUT2D eigenvalue weighted by Gasteiger charge is 2.35. The molecule has 1 N–H and O–H groups in total. The van der Waals surface area contributed by atoms with Gasteiger partial charge >= 0.3 is 0 Å². The van der Waals surface area contributed by atoms with Gasteiger partial charge in [0.15, 0.2) is 5.82 Å². The number of nitrogens with one attached hydrogen (secondary N) is 1. The summed E-state index contributed by atoms with van der Waals surface area (Å²) in [5.74, 6) is -1.36. The summed E-state index contributed by atoms with van der Waals surface area (Å²) >= 11 is 6.20. The average molecular weight is 341 g/mol. The molecule has 1 saturated carbocycles. The molecule has 1 aliphatic carbocycles. The number of pyridine rings is 1. The largest absolute Gasteiger partial charge is 0.366 e. The number of anilines is 1. The molecule has 0 atom stereocenters. The average Bonchev–Trinajstić information content (AvgIpc) is 2.82. The number of hydrogen-bond acceptors (Lipinski definition) is 3. The lowest BCUT2D eigenvalue weighted by atomic mass is 9.92. The van der Waals surface area contributed by atoms with Crippen LogP contribution in [0.1, 0.15) is 37.1 Å². The molecule has 7 heteroatoms. The van der Waals surface area contributed by atoms with Crippen molar-refractivity contribution in [2.75, 3.05) is 5.32 Å². The van der Waals surface area contributed by atoms with E-state index >= 15 is 0 Å². The summed E-state index contributed by atoms with van der Waals surface area (Å²) in [6.45, 7) is 3.87. The Bertz CT molecular complexity index is 704. The van der Waals surface area contributed by atoms with Crippen molar-refractivity contribution in [2.45, 2.75) is 51.5 Å². The van der Waals surface area contributed by atoms with Crippen LogP contribution in [0.15, 0.2) is 18.2 Å². The van der Waals surface area contributed by atoms with E-state index < -0.39 is 5.92 Å². The molecule has 0 spiro atoms. The Hall–Kier alpha value is -1.69. The molecule has 0 radical (unpaired) electrons.